The number of hydrogen-bond donors (Lipinski definition) is 1. The Kier molecular flexibility index (Phi) is 6.20. The molecule has 0 spiro atoms. The van der Waals surface area contributed by atoms with Gasteiger partial charge in [0.05, 0.1) is 11.9 Å². The Labute approximate surface area is 124 Å². The Morgan fingerprint density at radius 1 is 1.40 bits per heavy atom. The third kappa shape index (κ3) is 4.14. The molecule has 0 bridgehead atoms. The van der Waals surface area contributed by atoms with Crippen molar-refractivity contribution in [2.45, 2.75) is 43.7 Å². The molecule has 0 saturated carbocycles. The second-order valence-corrected chi connectivity index (χ2v) is 7.07. The van der Waals surface area contributed by atoms with E-state index in [0.29, 0.717) is 18.4 Å². The minimum Gasteiger partial charge on any atom is -0.380 e. The first-order chi connectivity index (χ1) is 9.72. The third-order valence-corrected chi connectivity index (χ3v) is 5.59. The van der Waals surface area contributed by atoms with Gasteiger partial charge in [-0.25, -0.2) is 0 Å². The summed E-state index contributed by atoms with van der Waals surface area (Å²) in [6.45, 7) is 6.62. The van der Waals surface area contributed by atoms with Gasteiger partial charge in [-0.2, -0.15) is 0 Å². The summed E-state index contributed by atoms with van der Waals surface area (Å²) in [6, 6.07) is 8.52. The van der Waals surface area contributed by atoms with Crippen LogP contribution in [0.25, 0.3) is 0 Å². The second-order valence-electron chi connectivity index (χ2n) is 5.41. The standard InChI is InChI=1S/C16H25NO2S/c1-3-9-17-15-8-10-19-11-16(15)20(18)12-14-7-5-4-6-13(14)2/h4-7,15-17H,3,8-12H2,1-2H3. The topological polar surface area (TPSA) is 38.3 Å². The highest BCUT2D eigenvalue weighted by atomic mass is 32.2. The zero-order valence-corrected chi connectivity index (χ0v) is 13.2. The lowest BCUT2D eigenvalue weighted by Crippen LogP contribution is -2.49. The van der Waals surface area contributed by atoms with Gasteiger partial charge in [0.15, 0.2) is 0 Å². The highest BCUT2D eigenvalue weighted by molar-refractivity contribution is 7.85. The fourth-order valence-electron chi connectivity index (χ4n) is 2.57. The number of rotatable bonds is 6. The van der Waals surface area contributed by atoms with Gasteiger partial charge < -0.3 is 10.1 Å². The number of aryl methyl sites for hydroxylation is 1. The summed E-state index contributed by atoms with van der Waals surface area (Å²) in [5.74, 6) is 0.630. The smallest absolute Gasteiger partial charge is 0.0738 e. The lowest BCUT2D eigenvalue weighted by Gasteiger charge is -2.31. The maximum Gasteiger partial charge on any atom is 0.0738 e. The Bertz CT molecular complexity index is 450. The molecule has 0 aromatic heterocycles. The number of nitrogens with one attached hydrogen (secondary N) is 1. The van der Waals surface area contributed by atoms with Crippen molar-refractivity contribution in [3.05, 3.63) is 35.4 Å². The van der Waals surface area contributed by atoms with Crippen molar-refractivity contribution in [1.82, 2.24) is 5.32 Å². The average molecular weight is 295 g/mol. The molecule has 1 fully saturated rings. The molecule has 1 aromatic carbocycles. The van der Waals surface area contributed by atoms with E-state index in [1.54, 1.807) is 0 Å². The van der Waals surface area contributed by atoms with Gasteiger partial charge in [-0.15, -0.1) is 0 Å². The largest absolute Gasteiger partial charge is 0.380 e. The molecule has 3 nitrogen and oxygen atoms in total. The highest BCUT2D eigenvalue weighted by Crippen LogP contribution is 2.18. The maximum atomic E-state index is 12.7. The molecule has 4 heteroatoms. The van der Waals surface area contributed by atoms with Crippen LogP contribution in [0.1, 0.15) is 30.9 Å². The van der Waals surface area contributed by atoms with E-state index in [4.69, 9.17) is 4.74 Å². The Morgan fingerprint density at radius 2 is 2.20 bits per heavy atom. The number of benzene rings is 1. The third-order valence-electron chi connectivity index (χ3n) is 3.86. The van der Waals surface area contributed by atoms with Crippen LogP contribution in [0.15, 0.2) is 24.3 Å². The van der Waals surface area contributed by atoms with Crippen molar-refractivity contribution in [2.75, 3.05) is 19.8 Å². The van der Waals surface area contributed by atoms with Crippen molar-refractivity contribution in [3.8, 4) is 0 Å². The van der Waals surface area contributed by atoms with Gasteiger partial charge in [-0.05, 0) is 37.4 Å². The van der Waals surface area contributed by atoms with Gasteiger partial charge in [-0.1, -0.05) is 31.2 Å². The fourth-order valence-corrected chi connectivity index (χ4v) is 4.26. The van der Waals surface area contributed by atoms with E-state index in [9.17, 15) is 4.21 Å². The van der Waals surface area contributed by atoms with Gasteiger partial charge in [0, 0.05) is 29.2 Å². The van der Waals surface area contributed by atoms with Crippen LogP contribution in [0, 0.1) is 6.92 Å². The minimum atomic E-state index is -0.889. The highest BCUT2D eigenvalue weighted by Gasteiger charge is 2.30. The summed E-state index contributed by atoms with van der Waals surface area (Å²) in [5.41, 5.74) is 2.40. The summed E-state index contributed by atoms with van der Waals surface area (Å²) < 4.78 is 18.2. The quantitative estimate of drug-likeness (QED) is 0.876. The molecule has 0 amide bonds. The van der Waals surface area contributed by atoms with Crippen LogP contribution in [0.2, 0.25) is 0 Å². The molecule has 1 N–H and O–H groups in total. The van der Waals surface area contributed by atoms with E-state index in [1.807, 2.05) is 12.1 Å². The fraction of sp³-hybridized carbons (Fsp3) is 0.625. The van der Waals surface area contributed by atoms with Gasteiger partial charge in [0.25, 0.3) is 0 Å². The van der Waals surface area contributed by atoms with Gasteiger partial charge in [0.1, 0.15) is 0 Å². The zero-order valence-electron chi connectivity index (χ0n) is 12.4. The van der Waals surface area contributed by atoms with Crippen molar-refractivity contribution in [2.24, 2.45) is 0 Å². The van der Waals surface area contributed by atoms with Crippen molar-refractivity contribution in [1.29, 1.82) is 0 Å². The molecule has 1 aromatic rings. The first kappa shape index (κ1) is 15.7. The normalized spacial score (nSPS) is 24.5. The molecule has 3 unspecified atom stereocenters. The Hall–Kier alpha value is -0.710. The van der Waals surface area contributed by atoms with Gasteiger partial charge >= 0.3 is 0 Å². The van der Waals surface area contributed by atoms with Crippen LogP contribution in [-0.4, -0.2) is 35.3 Å². The lowest BCUT2D eigenvalue weighted by molar-refractivity contribution is 0.0820. The van der Waals surface area contributed by atoms with Gasteiger partial charge in [0.2, 0.25) is 0 Å². The van der Waals surface area contributed by atoms with Crippen LogP contribution >= 0.6 is 0 Å². The van der Waals surface area contributed by atoms with E-state index in [1.165, 1.54) is 11.1 Å². The summed E-state index contributed by atoms with van der Waals surface area (Å²) in [5, 5.41) is 3.64. The number of hydrogen-bond acceptors (Lipinski definition) is 3. The first-order valence-corrected chi connectivity index (χ1v) is 8.83. The van der Waals surface area contributed by atoms with E-state index in [0.717, 1.165) is 26.0 Å². The number of ether oxygens (including phenoxy) is 1. The molecule has 0 aliphatic carbocycles. The summed E-state index contributed by atoms with van der Waals surface area (Å²) in [7, 11) is -0.889. The predicted molar refractivity (Wildman–Crippen MR) is 84.3 cm³/mol. The van der Waals surface area contributed by atoms with Gasteiger partial charge in [-0.3, -0.25) is 4.21 Å². The minimum absolute atomic E-state index is 0.106. The molecule has 0 radical (unpaired) electrons. The Balaban J connectivity index is 2.00. The molecule has 2 rings (SSSR count). The van der Waals surface area contributed by atoms with Crippen LogP contribution in [-0.2, 0) is 21.3 Å². The van der Waals surface area contributed by atoms with Crippen LogP contribution < -0.4 is 5.32 Å². The predicted octanol–water partition coefficient (Wildman–Crippen LogP) is 2.40. The van der Waals surface area contributed by atoms with E-state index in [-0.39, 0.29) is 5.25 Å². The summed E-state index contributed by atoms with van der Waals surface area (Å²) in [4.78, 5) is 0. The molecule has 1 saturated heterocycles. The molecular weight excluding hydrogens is 270 g/mol. The van der Waals surface area contributed by atoms with E-state index < -0.39 is 10.8 Å². The van der Waals surface area contributed by atoms with Crippen molar-refractivity contribution in [3.63, 3.8) is 0 Å². The monoisotopic (exact) mass is 295 g/mol. The van der Waals surface area contributed by atoms with Crippen molar-refractivity contribution >= 4 is 10.8 Å². The maximum absolute atomic E-state index is 12.7. The summed E-state index contributed by atoms with van der Waals surface area (Å²) >= 11 is 0. The van der Waals surface area contributed by atoms with E-state index in [2.05, 4.69) is 31.3 Å². The Morgan fingerprint density at radius 3 is 2.95 bits per heavy atom. The first-order valence-electron chi connectivity index (χ1n) is 7.45. The van der Waals surface area contributed by atoms with Crippen LogP contribution in [0.5, 0.6) is 0 Å². The summed E-state index contributed by atoms with van der Waals surface area (Å²) in [6.07, 6.45) is 2.07. The molecule has 1 aliphatic heterocycles. The molecule has 1 heterocycles. The SMILES string of the molecule is CCCNC1CCOCC1S(=O)Cc1ccccc1C. The molecular formula is C16H25NO2S. The molecule has 3 atom stereocenters. The van der Waals surface area contributed by atoms with E-state index >= 15 is 0 Å². The average Bonchev–Trinajstić information content (AvgIpc) is 2.47. The second kappa shape index (κ2) is 7.91. The molecule has 20 heavy (non-hydrogen) atoms. The lowest BCUT2D eigenvalue weighted by atomic mass is 10.1. The zero-order chi connectivity index (χ0) is 14.4. The molecule has 112 valence electrons. The molecule has 1 aliphatic rings. The van der Waals surface area contributed by atoms with Crippen molar-refractivity contribution < 1.29 is 8.95 Å². The van der Waals surface area contributed by atoms with Crippen LogP contribution in [0.3, 0.4) is 0 Å². The van der Waals surface area contributed by atoms with Crippen LogP contribution in [0.4, 0.5) is 0 Å².